The molecule has 1 aliphatic rings. The summed E-state index contributed by atoms with van der Waals surface area (Å²) < 4.78 is 9.00. The number of nitriles is 1. The lowest BCUT2D eigenvalue weighted by molar-refractivity contribution is -0.218. The monoisotopic (exact) mass is 228 g/mol. The van der Waals surface area contributed by atoms with E-state index in [1.807, 2.05) is 6.07 Å². The molecule has 0 aromatic rings. The van der Waals surface area contributed by atoms with Crippen molar-refractivity contribution in [2.24, 2.45) is 0 Å². The molecule has 0 bridgehead atoms. The number of esters is 2. The zero-order valence-corrected chi connectivity index (χ0v) is 9.22. The molecule has 1 heterocycles. The number of ether oxygens (including phenoxy) is 2. The molecule has 7 heteroatoms. The molecular formula is C9H12N2O5. The number of hydroxylamine groups is 2. The van der Waals surface area contributed by atoms with E-state index in [1.165, 1.54) is 7.05 Å². The number of nitrogens with zero attached hydrogens (tertiary/aromatic N) is 2. The summed E-state index contributed by atoms with van der Waals surface area (Å²) in [6, 6.07) is 1.22. The van der Waals surface area contributed by atoms with Gasteiger partial charge < -0.3 is 9.47 Å². The molecule has 1 aliphatic heterocycles. The van der Waals surface area contributed by atoms with Gasteiger partial charge in [0.1, 0.15) is 6.04 Å². The molecule has 0 saturated carbocycles. The Hall–Kier alpha value is -1.65. The average molecular weight is 228 g/mol. The standard InChI is InChI=1S/C9H12N2O5/c1-11-6(5-10)4-9(16-11,7(12)14-2)8(13)15-3/h6H,4H2,1-3H3. The van der Waals surface area contributed by atoms with E-state index >= 15 is 0 Å². The molecule has 0 spiro atoms. The second kappa shape index (κ2) is 4.47. The summed E-state index contributed by atoms with van der Waals surface area (Å²) in [5, 5.41) is 9.95. The lowest BCUT2D eigenvalue weighted by Crippen LogP contribution is -2.48. The Bertz CT molecular complexity index is 332. The van der Waals surface area contributed by atoms with E-state index in [1.54, 1.807) is 0 Å². The predicted molar refractivity (Wildman–Crippen MR) is 49.6 cm³/mol. The summed E-state index contributed by atoms with van der Waals surface area (Å²) in [7, 11) is 3.73. The van der Waals surface area contributed by atoms with Crippen LogP contribution in [0.15, 0.2) is 0 Å². The van der Waals surface area contributed by atoms with Gasteiger partial charge in [-0.15, -0.1) is 0 Å². The maximum absolute atomic E-state index is 11.6. The fourth-order valence-corrected chi connectivity index (χ4v) is 1.53. The summed E-state index contributed by atoms with van der Waals surface area (Å²) in [4.78, 5) is 28.2. The summed E-state index contributed by atoms with van der Waals surface area (Å²) in [6.45, 7) is 0. The first-order valence-corrected chi connectivity index (χ1v) is 4.50. The molecule has 1 atom stereocenters. The van der Waals surface area contributed by atoms with Gasteiger partial charge in [0, 0.05) is 13.5 Å². The zero-order chi connectivity index (χ0) is 12.3. The van der Waals surface area contributed by atoms with Crippen molar-refractivity contribution in [3.63, 3.8) is 0 Å². The molecule has 1 rings (SSSR count). The minimum atomic E-state index is -1.86. The van der Waals surface area contributed by atoms with Crippen molar-refractivity contribution in [1.29, 1.82) is 5.26 Å². The maximum Gasteiger partial charge on any atom is 0.352 e. The third-order valence-corrected chi connectivity index (χ3v) is 2.40. The summed E-state index contributed by atoms with van der Waals surface area (Å²) in [5.74, 6) is -1.74. The van der Waals surface area contributed by atoms with E-state index < -0.39 is 23.6 Å². The largest absolute Gasteiger partial charge is 0.466 e. The number of hydrogen-bond acceptors (Lipinski definition) is 7. The first kappa shape index (κ1) is 12.4. The van der Waals surface area contributed by atoms with Crippen molar-refractivity contribution in [1.82, 2.24) is 5.06 Å². The van der Waals surface area contributed by atoms with Crippen LogP contribution in [0.2, 0.25) is 0 Å². The smallest absolute Gasteiger partial charge is 0.352 e. The minimum Gasteiger partial charge on any atom is -0.466 e. The van der Waals surface area contributed by atoms with E-state index in [-0.39, 0.29) is 6.42 Å². The van der Waals surface area contributed by atoms with Crippen molar-refractivity contribution in [2.75, 3.05) is 21.3 Å². The molecule has 1 fully saturated rings. The topological polar surface area (TPSA) is 88.9 Å². The second-order valence-electron chi connectivity index (χ2n) is 3.30. The molecule has 1 unspecified atom stereocenters. The van der Waals surface area contributed by atoms with E-state index in [2.05, 4.69) is 9.47 Å². The van der Waals surface area contributed by atoms with Crippen LogP contribution in [-0.2, 0) is 23.9 Å². The molecule has 0 aromatic heterocycles. The molecule has 1 saturated heterocycles. The van der Waals surface area contributed by atoms with E-state index in [4.69, 9.17) is 10.1 Å². The van der Waals surface area contributed by atoms with Crippen LogP contribution < -0.4 is 0 Å². The highest BCUT2D eigenvalue weighted by atomic mass is 16.7. The van der Waals surface area contributed by atoms with Gasteiger partial charge in [-0.3, -0.25) is 4.84 Å². The number of carbonyl (C=O) groups is 2. The van der Waals surface area contributed by atoms with Gasteiger partial charge in [0.25, 0.3) is 5.60 Å². The Labute approximate surface area is 92.4 Å². The number of carbonyl (C=O) groups excluding carboxylic acids is 2. The van der Waals surface area contributed by atoms with E-state index in [0.717, 1.165) is 19.3 Å². The zero-order valence-electron chi connectivity index (χ0n) is 9.22. The minimum absolute atomic E-state index is 0.112. The second-order valence-corrected chi connectivity index (χ2v) is 3.30. The average Bonchev–Trinajstić information content (AvgIpc) is 2.65. The van der Waals surface area contributed by atoms with Crippen LogP contribution in [0, 0.1) is 11.3 Å². The van der Waals surface area contributed by atoms with Crippen LogP contribution in [0.3, 0.4) is 0 Å². The molecule has 7 nitrogen and oxygen atoms in total. The normalized spacial score (nSPS) is 23.5. The molecular weight excluding hydrogens is 216 g/mol. The quantitative estimate of drug-likeness (QED) is 0.453. The Kier molecular flexibility index (Phi) is 3.47. The van der Waals surface area contributed by atoms with Gasteiger partial charge >= 0.3 is 11.9 Å². The van der Waals surface area contributed by atoms with E-state index in [0.29, 0.717) is 0 Å². The number of methoxy groups -OCH3 is 2. The third kappa shape index (κ3) is 1.73. The molecule has 0 aliphatic carbocycles. The molecule has 88 valence electrons. The summed E-state index contributed by atoms with van der Waals surface area (Å²) in [5.41, 5.74) is -1.86. The highest BCUT2D eigenvalue weighted by molar-refractivity contribution is 6.04. The van der Waals surface area contributed by atoms with Gasteiger partial charge in [-0.05, 0) is 0 Å². The Morgan fingerprint density at radius 3 is 2.25 bits per heavy atom. The van der Waals surface area contributed by atoms with Gasteiger partial charge in [-0.2, -0.15) is 10.3 Å². The van der Waals surface area contributed by atoms with Gasteiger partial charge in [-0.1, -0.05) is 0 Å². The predicted octanol–water partition coefficient (Wildman–Crippen LogP) is -0.770. The molecule has 0 radical (unpaired) electrons. The van der Waals surface area contributed by atoms with Crippen LogP contribution in [0.4, 0.5) is 0 Å². The molecule has 16 heavy (non-hydrogen) atoms. The summed E-state index contributed by atoms with van der Waals surface area (Å²) in [6.07, 6.45) is -0.112. The lowest BCUT2D eigenvalue weighted by atomic mass is 9.97. The van der Waals surface area contributed by atoms with Crippen LogP contribution >= 0.6 is 0 Å². The van der Waals surface area contributed by atoms with Crippen molar-refractivity contribution in [3.8, 4) is 6.07 Å². The molecule has 0 amide bonds. The number of hydrogen-bond donors (Lipinski definition) is 0. The van der Waals surface area contributed by atoms with Gasteiger partial charge in [-0.25, -0.2) is 9.59 Å². The highest BCUT2D eigenvalue weighted by Crippen LogP contribution is 2.32. The lowest BCUT2D eigenvalue weighted by Gasteiger charge is -2.21. The van der Waals surface area contributed by atoms with Crippen LogP contribution in [-0.4, -0.2) is 49.9 Å². The van der Waals surface area contributed by atoms with Crippen LogP contribution in [0.5, 0.6) is 0 Å². The first-order valence-electron chi connectivity index (χ1n) is 4.50. The van der Waals surface area contributed by atoms with Crippen molar-refractivity contribution >= 4 is 11.9 Å². The molecule has 0 N–H and O–H groups in total. The Morgan fingerprint density at radius 1 is 1.44 bits per heavy atom. The van der Waals surface area contributed by atoms with Crippen molar-refractivity contribution in [2.45, 2.75) is 18.1 Å². The fraction of sp³-hybridized carbons (Fsp3) is 0.667. The highest BCUT2D eigenvalue weighted by Gasteiger charge is 2.58. The Balaban J connectivity index is 3.05. The number of rotatable bonds is 2. The van der Waals surface area contributed by atoms with Gasteiger partial charge in [0.15, 0.2) is 0 Å². The molecule has 0 aromatic carbocycles. The van der Waals surface area contributed by atoms with Crippen molar-refractivity contribution in [3.05, 3.63) is 0 Å². The van der Waals surface area contributed by atoms with Crippen LogP contribution in [0.1, 0.15) is 6.42 Å². The van der Waals surface area contributed by atoms with E-state index in [9.17, 15) is 9.59 Å². The first-order chi connectivity index (χ1) is 7.51. The van der Waals surface area contributed by atoms with Gasteiger partial charge in [0.05, 0.1) is 20.3 Å². The third-order valence-electron chi connectivity index (χ3n) is 2.40. The van der Waals surface area contributed by atoms with Crippen LogP contribution in [0.25, 0.3) is 0 Å². The van der Waals surface area contributed by atoms with Gasteiger partial charge in [0.2, 0.25) is 0 Å². The van der Waals surface area contributed by atoms with Crippen molar-refractivity contribution < 1.29 is 23.9 Å². The Morgan fingerprint density at radius 2 is 1.94 bits per heavy atom. The fourth-order valence-electron chi connectivity index (χ4n) is 1.53. The SMILES string of the molecule is COC(=O)C1(C(=O)OC)CC(C#N)N(C)O1. The summed E-state index contributed by atoms with van der Waals surface area (Å²) >= 11 is 0. The maximum atomic E-state index is 11.6.